The Hall–Kier alpha value is -3.42. The van der Waals surface area contributed by atoms with E-state index in [1.54, 1.807) is 37.3 Å². The maximum absolute atomic E-state index is 12.4. The largest absolute Gasteiger partial charge is 0.376 e. The van der Waals surface area contributed by atoms with Crippen LogP contribution in [0.4, 0.5) is 17.1 Å². The Kier molecular flexibility index (Phi) is 6.35. The van der Waals surface area contributed by atoms with Crippen LogP contribution in [-0.2, 0) is 4.79 Å². The van der Waals surface area contributed by atoms with Crippen molar-refractivity contribution in [2.45, 2.75) is 33.2 Å². The molecule has 148 valence electrons. The second-order valence-corrected chi connectivity index (χ2v) is 7.43. The Labute approximate surface area is 163 Å². The maximum atomic E-state index is 12.4. The number of anilines is 2. The highest BCUT2D eigenvalue weighted by atomic mass is 16.6. The first kappa shape index (κ1) is 20.9. The third-order valence-corrected chi connectivity index (χ3v) is 3.72. The average molecular weight is 384 g/mol. The van der Waals surface area contributed by atoms with Crippen LogP contribution in [0.15, 0.2) is 42.5 Å². The third-order valence-electron chi connectivity index (χ3n) is 3.72. The van der Waals surface area contributed by atoms with Crippen LogP contribution in [0.1, 0.15) is 36.7 Å². The van der Waals surface area contributed by atoms with Gasteiger partial charge in [-0.05, 0) is 51.5 Å². The highest BCUT2D eigenvalue weighted by Gasteiger charge is 2.19. The predicted octanol–water partition coefficient (Wildman–Crippen LogP) is 3.48. The molecule has 2 rings (SSSR count). The van der Waals surface area contributed by atoms with Crippen molar-refractivity contribution in [3.05, 3.63) is 63.7 Å². The second kappa shape index (κ2) is 8.51. The first-order valence-electron chi connectivity index (χ1n) is 8.77. The van der Waals surface area contributed by atoms with Gasteiger partial charge in [0.2, 0.25) is 5.91 Å². The van der Waals surface area contributed by atoms with Gasteiger partial charge in [0, 0.05) is 17.3 Å². The molecule has 0 aliphatic rings. The molecule has 2 amide bonds. The van der Waals surface area contributed by atoms with Gasteiger partial charge in [-0.3, -0.25) is 19.7 Å². The smallest absolute Gasteiger partial charge is 0.293 e. The molecular formula is C20H24N4O4. The van der Waals surface area contributed by atoms with E-state index in [1.165, 1.54) is 12.1 Å². The summed E-state index contributed by atoms with van der Waals surface area (Å²) in [6, 6.07) is 11.4. The van der Waals surface area contributed by atoms with E-state index < -0.39 is 16.4 Å². The normalized spacial score (nSPS) is 10.9. The fourth-order valence-electron chi connectivity index (χ4n) is 2.51. The maximum Gasteiger partial charge on any atom is 0.293 e. The zero-order valence-corrected chi connectivity index (χ0v) is 16.3. The molecule has 3 N–H and O–H groups in total. The van der Waals surface area contributed by atoms with Gasteiger partial charge < -0.3 is 16.0 Å². The zero-order valence-electron chi connectivity index (χ0n) is 16.3. The summed E-state index contributed by atoms with van der Waals surface area (Å²) < 4.78 is 0. The molecule has 0 radical (unpaired) electrons. The molecule has 0 saturated heterocycles. The molecule has 0 aliphatic carbocycles. The summed E-state index contributed by atoms with van der Waals surface area (Å²) in [5.74, 6) is -0.719. The topological polar surface area (TPSA) is 113 Å². The molecule has 0 fully saturated rings. The lowest BCUT2D eigenvalue weighted by Crippen LogP contribution is -2.40. The lowest BCUT2D eigenvalue weighted by molar-refractivity contribution is -0.384. The lowest BCUT2D eigenvalue weighted by atomic mass is 10.1. The summed E-state index contributed by atoms with van der Waals surface area (Å²) in [7, 11) is 0. The van der Waals surface area contributed by atoms with Crippen molar-refractivity contribution in [2.24, 2.45) is 0 Å². The standard InChI is InChI=1S/C20H24N4O4/c1-13-9-10-16(17(11-13)24(27)28)22-18(25)12-21-15-8-6-5-7-14(15)19(26)23-20(2,3)4/h5-11,21H,12H2,1-4H3,(H,22,25)(H,23,26). The van der Waals surface area contributed by atoms with Gasteiger partial charge in [-0.15, -0.1) is 0 Å². The van der Waals surface area contributed by atoms with Crippen LogP contribution in [0.2, 0.25) is 0 Å². The van der Waals surface area contributed by atoms with Crippen LogP contribution in [0.3, 0.4) is 0 Å². The molecule has 0 aromatic heterocycles. The molecule has 0 heterocycles. The number of nitro benzene ring substituents is 1. The van der Waals surface area contributed by atoms with Gasteiger partial charge >= 0.3 is 0 Å². The van der Waals surface area contributed by atoms with E-state index in [-0.39, 0.29) is 23.8 Å². The number of hydrogen-bond acceptors (Lipinski definition) is 5. The summed E-state index contributed by atoms with van der Waals surface area (Å²) in [5.41, 5.74) is 1.19. The Morgan fingerprint density at radius 2 is 1.75 bits per heavy atom. The van der Waals surface area contributed by atoms with Crippen molar-refractivity contribution in [1.82, 2.24) is 5.32 Å². The van der Waals surface area contributed by atoms with Crippen molar-refractivity contribution in [3.8, 4) is 0 Å². The van der Waals surface area contributed by atoms with Crippen LogP contribution in [0.5, 0.6) is 0 Å². The van der Waals surface area contributed by atoms with E-state index >= 15 is 0 Å². The van der Waals surface area contributed by atoms with E-state index in [0.29, 0.717) is 11.3 Å². The monoisotopic (exact) mass is 384 g/mol. The Morgan fingerprint density at radius 3 is 2.39 bits per heavy atom. The molecule has 0 saturated carbocycles. The SMILES string of the molecule is Cc1ccc(NC(=O)CNc2ccccc2C(=O)NC(C)(C)C)c([N+](=O)[O-])c1. The van der Waals surface area contributed by atoms with Crippen LogP contribution in [0, 0.1) is 17.0 Å². The zero-order chi connectivity index (χ0) is 20.9. The first-order chi connectivity index (χ1) is 13.1. The molecule has 28 heavy (non-hydrogen) atoms. The Bertz CT molecular complexity index is 903. The molecule has 0 aliphatic heterocycles. The number of nitro groups is 1. The van der Waals surface area contributed by atoms with Gasteiger partial charge in [0.1, 0.15) is 5.69 Å². The molecule has 0 spiro atoms. The third kappa shape index (κ3) is 5.80. The van der Waals surface area contributed by atoms with Crippen molar-refractivity contribution in [1.29, 1.82) is 0 Å². The number of benzene rings is 2. The second-order valence-electron chi connectivity index (χ2n) is 7.43. The van der Waals surface area contributed by atoms with Crippen LogP contribution in [0.25, 0.3) is 0 Å². The van der Waals surface area contributed by atoms with Crippen molar-refractivity contribution in [3.63, 3.8) is 0 Å². The summed E-state index contributed by atoms with van der Waals surface area (Å²) in [6.45, 7) is 7.22. The number of hydrogen-bond donors (Lipinski definition) is 3. The minimum atomic E-state index is -0.540. The van der Waals surface area contributed by atoms with Gasteiger partial charge in [-0.25, -0.2) is 0 Å². The van der Waals surface area contributed by atoms with E-state index in [9.17, 15) is 19.7 Å². The molecule has 2 aromatic carbocycles. The van der Waals surface area contributed by atoms with Gasteiger partial charge in [-0.2, -0.15) is 0 Å². The molecule has 0 unspecified atom stereocenters. The molecule has 0 atom stereocenters. The Morgan fingerprint density at radius 1 is 1.07 bits per heavy atom. The fourth-order valence-corrected chi connectivity index (χ4v) is 2.51. The van der Waals surface area contributed by atoms with Gasteiger partial charge in [0.15, 0.2) is 0 Å². The molecular weight excluding hydrogens is 360 g/mol. The number of carbonyl (C=O) groups excluding carboxylic acids is 2. The van der Waals surface area contributed by atoms with Crippen molar-refractivity contribution >= 4 is 28.9 Å². The highest BCUT2D eigenvalue weighted by Crippen LogP contribution is 2.25. The highest BCUT2D eigenvalue weighted by molar-refractivity contribution is 6.01. The molecule has 8 heteroatoms. The van der Waals surface area contributed by atoms with E-state index in [0.717, 1.165) is 5.56 Å². The first-order valence-corrected chi connectivity index (χ1v) is 8.77. The molecule has 8 nitrogen and oxygen atoms in total. The van der Waals surface area contributed by atoms with Gasteiger partial charge in [-0.1, -0.05) is 18.2 Å². The lowest BCUT2D eigenvalue weighted by Gasteiger charge is -2.21. The number of carbonyl (C=O) groups is 2. The van der Waals surface area contributed by atoms with E-state index in [4.69, 9.17) is 0 Å². The Balaban J connectivity index is 2.08. The predicted molar refractivity (Wildman–Crippen MR) is 109 cm³/mol. The van der Waals surface area contributed by atoms with E-state index in [2.05, 4.69) is 16.0 Å². The number of amides is 2. The fraction of sp³-hybridized carbons (Fsp3) is 0.300. The minimum Gasteiger partial charge on any atom is -0.376 e. The quantitative estimate of drug-likeness (QED) is 0.521. The molecule has 2 aromatic rings. The average Bonchev–Trinajstić information content (AvgIpc) is 2.60. The van der Waals surface area contributed by atoms with Crippen LogP contribution < -0.4 is 16.0 Å². The van der Waals surface area contributed by atoms with Crippen molar-refractivity contribution in [2.75, 3.05) is 17.2 Å². The number of nitrogens with zero attached hydrogens (tertiary/aromatic N) is 1. The van der Waals surface area contributed by atoms with Crippen molar-refractivity contribution < 1.29 is 14.5 Å². The summed E-state index contributed by atoms with van der Waals surface area (Å²) >= 11 is 0. The summed E-state index contributed by atoms with van der Waals surface area (Å²) in [4.78, 5) is 35.3. The summed E-state index contributed by atoms with van der Waals surface area (Å²) in [5, 5.41) is 19.5. The van der Waals surface area contributed by atoms with E-state index in [1.807, 2.05) is 20.8 Å². The van der Waals surface area contributed by atoms with Crippen LogP contribution in [-0.4, -0.2) is 28.8 Å². The number of rotatable bonds is 6. The molecule has 0 bridgehead atoms. The van der Waals surface area contributed by atoms with Crippen LogP contribution >= 0.6 is 0 Å². The number of nitrogens with one attached hydrogen (secondary N) is 3. The minimum absolute atomic E-state index is 0.126. The van der Waals surface area contributed by atoms with Gasteiger partial charge in [0.05, 0.1) is 17.0 Å². The van der Waals surface area contributed by atoms with Gasteiger partial charge in [0.25, 0.3) is 11.6 Å². The number of aryl methyl sites for hydroxylation is 1. The number of para-hydroxylation sites is 1. The summed E-state index contributed by atoms with van der Waals surface area (Å²) in [6.07, 6.45) is 0.